The third kappa shape index (κ3) is 2.99. The molecule has 0 bridgehead atoms. The standard InChI is InChI=1S/C13H24N2O2/c1-8(2)7-10-12(17)15(13(4,5)6)9(3)11(16)14-10/h8-10H,7H2,1-6H3,(H,14,16). The Hall–Kier alpha value is -1.06. The zero-order valence-electron chi connectivity index (χ0n) is 11.7. The molecular weight excluding hydrogens is 216 g/mol. The van der Waals surface area contributed by atoms with E-state index in [1.807, 2.05) is 20.8 Å². The fraction of sp³-hybridized carbons (Fsp3) is 0.846. The van der Waals surface area contributed by atoms with Gasteiger partial charge in [-0.25, -0.2) is 0 Å². The maximum Gasteiger partial charge on any atom is 0.246 e. The van der Waals surface area contributed by atoms with Gasteiger partial charge in [0.2, 0.25) is 11.8 Å². The Balaban J connectivity index is 2.95. The molecule has 2 amide bonds. The van der Waals surface area contributed by atoms with E-state index in [-0.39, 0.29) is 29.4 Å². The Bertz CT molecular complexity index is 318. The lowest BCUT2D eigenvalue weighted by molar-refractivity contribution is -0.154. The van der Waals surface area contributed by atoms with Crippen molar-refractivity contribution in [2.75, 3.05) is 0 Å². The predicted octanol–water partition coefficient (Wildman–Crippen LogP) is 1.55. The molecule has 0 saturated carbocycles. The van der Waals surface area contributed by atoms with Gasteiger partial charge < -0.3 is 10.2 Å². The first kappa shape index (κ1) is 14.0. The van der Waals surface area contributed by atoms with Crippen molar-refractivity contribution in [1.82, 2.24) is 10.2 Å². The van der Waals surface area contributed by atoms with Crippen molar-refractivity contribution >= 4 is 11.8 Å². The SMILES string of the molecule is CC(C)CC1NC(=O)C(C)N(C(C)(C)C)C1=O. The van der Waals surface area contributed by atoms with Gasteiger partial charge in [-0.3, -0.25) is 9.59 Å². The quantitative estimate of drug-likeness (QED) is 0.796. The highest BCUT2D eigenvalue weighted by Crippen LogP contribution is 2.23. The summed E-state index contributed by atoms with van der Waals surface area (Å²) < 4.78 is 0. The Morgan fingerprint density at radius 1 is 1.29 bits per heavy atom. The molecule has 17 heavy (non-hydrogen) atoms. The number of piperazine rings is 1. The van der Waals surface area contributed by atoms with Crippen molar-refractivity contribution in [1.29, 1.82) is 0 Å². The van der Waals surface area contributed by atoms with Crippen molar-refractivity contribution in [3.05, 3.63) is 0 Å². The number of amides is 2. The Morgan fingerprint density at radius 3 is 2.24 bits per heavy atom. The second-order valence-corrected chi connectivity index (χ2v) is 6.25. The lowest BCUT2D eigenvalue weighted by Gasteiger charge is -2.45. The van der Waals surface area contributed by atoms with E-state index in [9.17, 15) is 9.59 Å². The molecule has 0 aromatic rings. The number of hydrogen-bond donors (Lipinski definition) is 1. The smallest absolute Gasteiger partial charge is 0.246 e. The van der Waals surface area contributed by atoms with E-state index in [4.69, 9.17) is 0 Å². The fourth-order valence-electron chi connectivity index (χ4n) is 2.37. The van der Waals surface area contributed by atoms with Crippen LogP contribution in [0, 0.1) is 5.92 Å². The number of nitrogens with zero attached hydrogens (tertiary/aromatic N) is 1. The van der Waals surface area contributed by atoms with Crippen molar-refractivity contribution in [2.24, 2.45) is 5.92 Å². The van der Waals surface area contributed by atoms with Crippen molar-refractivity contribution in [2.45, 2.75) is 65.6 Å². The van der Waals surface area contributed by atoms with Crippen LogP contribution in [0.4, 0.5) is 0 Å². The molecule has 0 aliphatic carbocycles. The zero-order chi connectivity index (χ0) is 13.4. The van der Waals surface area contributed by atoms with E-state index in [0.717, 1.165) is 0 Å². The van der Waals surface area contributed by atoms with Crippen LogP contribution in [0.25, 0.3) is 0 Å². The van der Waals surface area contributed by atoms with E-state index in [1.165, 1.54) is 0 Å². The number of carbonyl (C=O) groups is 2. The summed E-state index contributed by atoms with van der Waals surface area (Å²) in [4.78, 5) is 26.0. The Morgan fingerprint density at radius 2 is 1.82 bits per heavy atom. The summed E-state index contributed by atoms with van der Waals surface area (Å²) in [5.41, 5.74) is -0.316. The Kier molecular flexibility index (Phi) is 3.84. The molecule has 0 radical (unpaired) electrons. The Labute approximate surface area is 104 Å². The summed E-state index contributed by atoms with van der Waals surface area (Å²) in [5.74, 6) is 0.378. The highest BCUT2D eigenvalue weighted by molar-refractivity contribution is 5.97. The average molecular weight is 240 g/mol. The molecule has 1 fully saturated rings. The van der Waals surface area contributed by atoms with Gasteiger partial charge in [-0.05, 0) is 40.0 Å². The number of carbonyl (C=O) groups excluding carboxylic acids is 2. The molecule has 1 aliphatic heterocycles. The van der Waals surface area contributed by atoms with Gasteiger partial charge in [0.25, 0.3) is 0 Å². The molecule has 2 unspecified atom stereocenters. The highest BCUT2D eigenvalue weighted by atomic mass is 16.2. The first-order chi connectivity index (χ1) is 7.64. The minimum atomic E-state index is -0.383. The second-order valence-electron chi connectivity index (χ2n) is 6.25. The zero-order valence-corrected chi connectivity index (χ0v) is 11.7. The molecule has 0 spiro atoms. The summed E-state index contributed by atoms with van der Waals surface area (Å²) in [7, 11) is 0. The molecule has 1 heterocycles. The largest absolute Gasteiger partial charge is 0.343 e. The summed E-state index contributed by atoms with van der Waals surface area (Å²) in [6.45, 7) is 11.8. The molecule has 0 aromatic carbocycles. The fourth-order valence-corrected chi connectivity index (χ4v) is 2.37. The number of hydrogen-bond acceptors (Lipinski definition) is 2. The van der Waals surface area contributed by atoms with Gasteiger partial charge in [0.15, 0.2) is 0 Å². The van der Waals surface area contributed by atoms with Gasteiger partial charge >= 0.3 is 0 Å². The normalized spacial score (nSPS) is 26.4. The van der Waals surface area contributed by atoms with E-state index in [2.05, 4.69) is 19.2 Å². The molecule has 1 rings (SSSR count). The maximum absolute atomic E-state index is 12.4. The first-order valence-electron chi connectivity index (χ1n) is 6.28. The van der Waals surface area contributed by atoms with E-state index >= 15 is 0 Å². The lowest BCUT2D eigenvalue weighted by Crippen LogP contribution is -2.67. The monoisotopic (exact) mass is 240 g/mol. The van der Waals surface area contributed by atoms with Gasteiger partial charge in [-0.2, -0.15) is 0 Å². The van der Waals surface area contributed by atoms with Gasteiger partial charge in [-0.1, -0.05) is 13.8 Å². The molecule has 1 aliphatic rings. The van der Waals surface area contributed by atoms with E-state index < -0.39 is 0 Å². The van der Waals surface area contributed by atoms with Crippen LogP contribution < -0.4 is 5.32 Å². The first-order valence-corrected chi connectivity index (χ1v) is 6.28. The number of nitrogens with one attached hydrogen (secondary N) is 1. The van der Waals surface area contributed by atoms with Crippen LogP contribution in [0.2, 0.25) is 0 Å². The van der Waals surface area contributed by atoms with Gasteiger partial charge in [-0.15, -0.1) is 0 Å². The summed E-state index contributed by atoms with van der Waals surface area (Å²) >= 11 is 0. The molecule has 1 N–H and O–H groups in total. The van der Waals surface area contributed by atoms with Crippen molar-refractivity contribution in [3.63, 3.8) is 0 Å². The minimum absolute atomic E-state index is 0.0401. The van der Waals surface area contributed by atoms with Gasteiger partial charge in [0.1, 0.15) is 12.1 Å². The minimum Gasteiger partial charge on any atom is -0.343 e. The van der Waals surface area contributed by atoms with Crippen LogP contribution in [-0.2, 0) is 9.59 Å². The molecule has 0 aromatic heterocycles. The maximum atomic E-state index is 12.4. The van der Waals surface area contributed by atoms with Crippen molar-refractivity contribution in [3.8, 4) is 0 Å². The molecule has 4 nitrogen and oxygen atoms in total. The molecule has 1 saturated heterocycles. The summed E-state index contributed by atoms with van der Waals surface area (Å²) in [6.07, 6.45) is 0.698. The number of rotatable bonds is 2. The van der Waals surface area contributed by atoms with Crippen LogP contribution >= 0.6 is 0 Å². The second kappa shape index (κ2) is 4.67. The highest BCUT2D eigenvalue weighted by Gasteiger charge is 2.42. The van der Waals surface area contributed by atoms with E-state index in [0.29, 0.717) is 12.3 Å². The molecule has 2 atom stereocenters. The lowest BCUT2D eigenvalue weighted by atomic mass is 9.94. The summed E-state index contributed by atoms with van der Waals surface area (Å²) in [6, 6.07) is -0.746. The van der Waals surface area contributed by atoms with Crippen LogP contribution in [0.5, 0.6) is 0 Å². The molecule has 4 heteroatoms. The topological polar surface area (TPSA) is 49.4 Å². The van der Waals surface area contributed by atoms with Gasteiger partial charge in [0, 0.05) is 5.54 Å². The van der Waals surface area contributed by atoms with Crippen LogP contribution in [0.1, 0.15) is 48.0 Å². The predicted molar refractivity (Wildman–Crippen MR) is 67.4 cm³/mol. The third-order valence-electron chi connectivity index (χ3n) is 3.05. The molecule has 98 valence electrons. The van der Waals surface area contributed by atoms with Crippen LogP contribution in [-0.4, -0.2) is 34.3 Å². The van der Waals surface area contributed by atoms with Gasteiger partial charge in [0.05, 0.1) is 0 Å². The van der Waals surface area contributed by atoms with E-state index in [1.54, 1.807) is 11.8 Å². The van der Waals surface area contributed by atoms with Crippen molar-refractivity contribution < 1.29 is 9.59 Å². The van der Waals surface area contributed by atoms with Crippen LogP contribution in [0.15, 0.2) is 0 Å². The summed E-state index contributed by atoms with van der Waals surface area (Å²) in [5, 5.41) is 2.82. The third-order valence-corrected chi connectivity index (χ3v) is 3.05. The molecular formula is C13H24N2O2. The van der Waals surface area contributed by atoms with Crippen LogP contribution in [0.3, 0.4) is 0 Å². The average Bonchev–Trinajstić information content (AvgIpc) is 2.11.